The van der Waals surface area contributed by atoms with Gasteiger partial charge in [0.2, 0.25) is 0 Å². The van der Waals surface area contributed by atoms with Gasteiger partial charge in [0, 0.05) is 12.0 Å². The van der Waals surface area contributed by atoms with Gasteiger partial charge in [-0.05, 0) is 31.5 Å². The lowest BCUT2D eigenvalue weighted by atomic mass is 9.83. The minimum absolute atomic E-state index is 0.0482. The third kappa shape index (κ3) is 2.94. The highest BCUT2D eigenvalue weighted by Crippen LogP contribution is 2.25. The highest BCUT2D eigenvalue weighted by molar-refractivity contribution is 5.75. The highest BCUT2D eigenvalue weighted by Gasteiger charge is 2.25. The Morgan fingerprint density at radius 3 is 2.74 bits per heavy atom. The Bertz CT molecular complexity index is 616. The topological polar surface area (TPSA) is 64.5 Å². The summed E-state index contributed by atoms with van der Waals surface area (Å²) in [4.78, 5) is 7.36. The SMILES string of the molecule is CC(C)(C#N)NCC(C)(C)c1ccc2nc[nH]c2c1. The van der Waals surface area contributed by atoms with E-state index in [4.69, 9.17) is 5.26 Å². The van der Waals surface area contributed by atoms with Crippen LogP contribution >= 0.6 is 0 Å². The van der Waals surface area contributed by atoms with Crippen molar-refractivity contribution in [3.05, 3.63) is 30.1 Å². The lowest BCUT2D eigenvalue weighted by Gasteiger charge is -2.29. The third-order valence-corrected chi connectivity index (χ3v) is 3.45. The number of benzene rings is 1. The average Bonchev–Trinajstić information content (AvgIpc) is 2.84. The first-order chi connectivity index (χ1) is 8.84. The molecule has 0 saturated carbocycles. The molecule has 2 N–H and O–H groups in total. The van der Waals surface area contributed by atoms with Crippen LogP contribution in [0.2, 0.25) is 0 Å². The fourth-order valence-corrected chi connectivity index (χ4v) is 1.94. The molecule has 4 heteroatoms. The average molecular weight is 256 g/mol. The number of nitrogens with one attached hydrogen (secondary N) is 2. The maximum atomic E-state index is 9.05. The quantitative estimate of drug-likeness (QED) is 0.884. The fraction of sp³-hybridized carbons (Fsp3) is 0.467. The van der Waals surface area contributed by atoms with Crippen LogP contribution < -0.4 is 5.32 Å². The van der Waals surface area contributed by atoms with Gasteiger partial charge in [-0.3, -0.25) is 5.32 Å². The smallest absolute Gasteiger partial charge is 0.101 e. The van der Waals surface area contributed by atoms with Crippen molar-refractivity contribution >= 4 is 11.0 Å². The summed E-state index contributed by atoms with van der Waals surface area (Å²) in [5, 5.41) is 12.4. The Morgan fingerprint density at radius 1 is 1.32 bits per heavy atom. The number of aromatic nitrogens is 2. The van der Waals surface area contributed by atoms with Crippen LogP contribution in [0.5, 0.6) is 0 Å². The number of imidazole rings is 1. The van der Waals surface area contributed by atoms with Gasteiger partial charge >= 0.3 is 0 Å². The molecule has 4 nitrogen and oxygen atoms in total. The molecule has 0 atom stereocenters. The molecule has 0 aliphatic carbocycles. The van der Waals surface area contributed by atoms with Gasteiger partial charge in [-0.2, -0.15) is 5.26 Å². The molecule has 0 unspecified atom stereocenters. The van der Waals surface area contributed by atoms with Crippen LogP contribution in [-0.4, -0.2) is 22.1 Å². The normalized spacial score (nSPS) is 12.6. The molecule has 100 valence electrons. The molecular formula is C15H20N4. The van der Waals surface area contributed by atoms with E-state index in [9.17, 15) is 0 Å². The van der Waals surface area contributed by atoms with Crippen molar-refractivity contribution < 1.29 is 0 Å². The van der Waals surface area contributed by atoms with Crippen LogP contribution in [0.3, 0.4) is 0 Å². The first-order valence-electron chi connectivity index (χ1n) is 6.44. The minimum Gasteiger partial charge on any atom is -0.345 e. The van der Waals surface area contributed by atoms with Crippen LogP contribution in [-0.2, 0) is 5.41 Å². The highest BCUT2D eigenvalue weighted by atomic mass is 15.0. The maximum Gasteiger partial charge on any atom is 0.101 e. The van der Waals surface area contributed by atoms with Crippen molar-refractivity contribution in [2.75, 3.05) is 6.54 Å². The van der Waals surface area contributed by atoms with Gasteiger partial charge in [0.05, 0.1) is 23.4 Å². The lowest BCUT2D eigenvalue weighted by molar-refractivity contribution is 0.397. The molecule has 0 saturated heterocycles. The number of fused-ring (bicyclic) bond motifs is 1. The second-order valence-corrected chi connectivity index (χ2v) is 6.11. The van der Waals surface area contributed by atoms with Crippen molar-refractivity contribution in [1.29, 1.82) is 5.26 Å². The Hall–Kier alpha value is -1.86. The first kappa shape index (κ1) is 13.6. The summed E-state index contributed by atoms with van der Waals surface area (Å²) < 4.78 is 0. The zero-order valence-corrected chi connectivity index (χ0v) is 11.9. The van der Waals surface area contributed by atoms with E-state index in [1.807, 2.05) is 19.9 Å². The van der Waals surface area contributed by atoms with Crippen molar-refractivity contribution in [3.63, 3.8) is 0 Å². The second-order valence-electron chi connectivity index (χ2n) is 6.11. The summed E-state index contributed by atoms with van der Waals surface area (Å²) in [6, 6.07) is 8.52. The summed E-state index contributed by atoms with van der Waals surface area (Å²) >= 11 is 0. The Kier molecular flexibility index (Phi) is 3.34. The van der Waals surface area contributed by atoms with Crippen molar-refractivity contribution in [1.82, 2.24) is 15.3 Å². The molecule has 19 heavy (non-hydrogen) atoms. The van der Waals surface area contributed by atoms with Gasteiger partial charge in [-0.25, -0.2) is 4.98 Å². The van der Waals surface area contributed by atoms with Crippen molar-refractivity contribution in [3.8, 4) is 6.07 Å². The van der Waals surface area contributed by atoms with E-state index in [1.165, 1.54) is 5.56 Å². The van der Waals surface area contributed by atoms with Crippen molar-refractivity contribution in [2.24, 2.45) is 0 Å². The lowest BCUT2D eigenvalue weighted by Crippen LogP contribution is -2.44. The van der Waals surface area contributed by atoms with Crippen molar-refractivity contribution in [2.45, 2.75) is 38.6 Å². The largest absolute Gasteiger partial charge is 0.345 e. The Labute approximate surface area is 113 Å². The predicted octanol–water partition coefficient (Wildman–Crippen LogP) is 2.73. The van der Waals surface area contributed by atoms with E-state index in [-0.39, 0.29) is 5.41 Å². The molecule has 1 aromatic heterocycles. The molecule has 0 amide bonds. The first-order valence-corrected chi connectivity index (χ1v) is 6.44. The number of nitrogens with zero attached hydrogens (tertiary/aromatic N) is 2. The Balaban J connectivity index is 2.21. The second kappa shape index (κ2) is 4.67. The summed E-state index contributed by atoms with van der Waals surface area (Å²) in [6.45, 7) is 8.87. The molecule has 0 radical (unpaired) electrons. The fourth-order valence-electron chi connectivity index (χ4n) is 1.94. The molecule has 0 spiro atoms. The number of rotatable bonds is 4. The van der Waals surface area contributed by atoms with E-state index in [0.717, 1.165) is 17.6 Å². The number of hydrogen-bond acceptors (Lipinski definition) is 3. The minimum atomic E-state index is -0.505. The molecule has 0 aliphatic heterocycles. The molecule has 1 aromatic carbocycles. The molecule has 1 heterocycles. The standard InChI is InChI=1S/C15H20N4/c1-14(2,9-19-15(3,4)8-16)11-5-6-12-13(7-11)18-10-17-12/h5-7,10,19H,9H2,1-4H3,(H,17,18). The van der Waals surface area contributed by atoms with Crippen LogP contribution in [0, 0.1) is 11.3 Å². The molecule has 0 aliphatic rings. The summed E-state index contributed by atoms with van der Waals surface area (Å²) in [5.41, 5.74) is 2.70. The van der Waals surface area contributed by atoms with Crippen LogP contribution in [0.15, 0.2) is 24.5 Å². The summed E-state index contributed by atoms with van der Waals surface area (Å²) in [5.74, 6) is 0. The number of H-pyrrole nitrogens is 1. The zero-order valence-electron chi connectivity index (χ0n) is 11.9. The van der Waals surface area contributed by atoms with Crippen LogP contribution in [0.4, 0.5) is 0 Å². The van der Waals surface area contributed by atoms with E-state index in [2.05, 4.69) is 47.3 Å². The zero-order chi connectivity index (χ0) is 14.1. The van der Waals surface area contributed by atoms with E-state index >= 15 is 0 Å². The monoisotopic (exact) mass is 256 g/mol. The van der Waals surface area contributed by atoms with Gasteiger partial charge in [0.1, 0.15) is 5.54 Å². The van der Waals surface area contributed by atoms with Gasteiger partial charge in [-0.1, -0.05) is 19.9 Å². The molecule has 2 rings (SSSR count). The number of nitriles is 1. The predicted molar refractivity (Wildman–Crippen MR) is 76.8 cm³/mol. The molecule has 0 fully saturated rings. The van der Waals surface area contributed by atoms with Crippen LogP contribution in [0.1, 0.15) is 33.3 Å². The van der Waals surface area contributed by atoms with E-state index < -0.39 is 5.54 Å². The molecular weight excluding hydrogens is 236 g/mol. The van der Waals surface area contributed by atoms with E-state index in [0.29, 0.717) is 0 Å². The molecule has 0 bridgehead atoms. The van der Waals surface area contributed by atoms with Gasteiger partial charge < -0.3 is 4.98 Å². The third-order valence-electron chi connectivity index (χ3n) is 3.45. The Morgan fingerprint density at radius 2 is 2.05 bits per heavy atom. The molecule has 2 aromatic rings. The van der Waals surface area contributed by atoms with Crippen LogP contribution in [0.25, 0.3) is 11.0 Å². The summed E-state index contributed by atoms with van der Waals surface area (Å²) in [6.07, 6.45) is 1.71. The van der Waals surface area contributed by atoms with Gasteiger partial charge in [0.15, 0.2) is 0 Å². The maximum absolute atomic E-state index is 9.05. The van der Waals surface area contributed by atoms with Gasteiger partial charge in [-0.15, -0.1) is 0 Å². The summed E-state index contributed by atoms with van der Waals surface area (Å²) in [7, 11) is 0. The van der Waals surface area contributed by atoms with Gasteiger partial charge in [0.25, 0.3) is 0 Å². The number of hydrogen-bond donors (Lipinski definition) is 2. The number of aromatic amines is 1. The van der Waals surface area contributed by atoms with E-state index in [1.54, 1.807) is 6.33 Å².